The maximum absolute atomic E-state index is 6.24. The maximum atomic E-state index is 6.24. The number of ether oxygens (including phenoxy) is 3. The number of aromatic nitrogens is 3. The van der Waals surface area contributed by atoms with Crippen molar-refractivity contribution in [2.75, 3.05) is 20.8 Å². The molecule has 0 radical (unpaired) electrons. The zero-order valence-electron chi connectivity index (χ0n) is 16.2. The molecule has 0 amide bonds. The van der Waals surface area contributed by atoms with Gasteiger partial charge in [0.15, 0.2) is 0 Å². The first-order valence-electron chi connectivity index (χ1n) is 8.82. The highest BCUT2D eigenvalue weighted by Crippen LogP contribution is 2.38. The van der Waals surface area contributed by atoms with E-state index in [0.29, 0.717) is 6.61 Å². The molecule has 3 aromatic rings. The van der Waals surface area contributed by atoms with Crippen molar-refractivity contribution in [3.8, 4) is 22.8 Å². The molecular weight excluding hydrogens is 410 g/mol. The average Bonchev–Trinajstić information content (AvgIpc) is 2.97. The Labute approximate surface area is 167 Å². The van der Waals surface area contributed by atoms with E-state index in [1.54, 1.807) is 14.2 Å². The predicted molar refractivity (Wildman–Crippen MR) is 110 cm³/mol. The molecule has 0 aliphatic carbocycles. The van der Waals surface area contributed by atoms with E-state index in [0.717, 1.165) is 50.4 Å². The van der Waals surface area contributed by atoms with E-state index in [-0.39, 0.29) is 6.10 Å². The summed E-state index contributed by atoms with van der Waals surface area (Å²) < 4.78 is 19.8. The minimum absolute atomic E-state index is 0.0273. The van der Waals surface area contributed by atoms with Crippen LogP contribution in [0, 0.1) is 6.92 Å². The standard InChI is InChI=1S/C20H24BrN3O3/c1-6-14(11-25-4)27-17-9-12(2)22-19-18(23-24(3)20(17)19)15-8-7-13(21)10-16(15)26-5/h7-10,14H,6,11H2,1-5H3. The van der Waals surface area contributed by atoms with Gasteiger partial charge in [0.05, 0.1) is 13.7 Å². The van der Waals surface area contributed by atoms with Crippen LogP contribution in [0.2, 0.25) is 0 Å². The minimum atomic E-state index is -0.0273. The summed E-state index contributed by atoms with van der Waals surface area (Å²) in [6, 6.07) is 7.83. The minimum Gasteiger partial charge on any atom is -0.496 e. The molecule has 0 spiro atoms. The summed E-state index contributed by atoms with van der Waals surface area (Å²) in [5.74, 6) is 1.50. The lowest BCUT2D eigenvalue weighted by atomic mass is 10.1. The van der Waals surface area contributed by atoms with Crippen LogP contribution in [0.15, 0.2) is 28.7 Å². The van der Waals surface area contributed by atoms with Gasteiger partial charge in [-0.25, -0.2) is 4.98 Å². The molecular formula is C20H24BrN3O3. The second kappa shape index (κ2) is 8.27. The lowest BCUT2D eigenvalue weighted by Gasteiger charge is -2.18. The van der Waals surface area contributed by atoms with Crippen LogP contribution >= 0.6 is 15.9 Å². The van der Waals surface area contributed by atoms with Crippen LogP contribution in [0.1, 0.15) is 19.0 Å². The van der Waals surface area contributed by atoms with Crippen LogP contribution in [-0.2, 0) is 11.8 Å². The van der Waals surface area contributed by atoms with Crippen molar-refractivity contribution in [3.05, 3.63) is 34.4 Å². The molecule has 1 aromatic carbocycles. The third-order valence-electron chi connectivity index (χ3n) is 4.40. The molecule has 7 heteroatoms. The molecule has 1 atom stereocenters. The van der Waals surface area contributed by atoms with Crippen molar-refractivity contribution in [2.24, 2.45) is 7.05 Å². The van der Waals surface area contributed by atoms with Gasteiger partial charge >= 0.3 is 0 Å². The summed E-state index contributed by atoms with van der Waals surface area (Å²) in [5.41, 5.74) is 4.18. The van der Waals surface area contributed by atoms with Gasteiger partial charge in [-0.1, -0.05) is 22.9 Å². The van der Waals surface area contributed by atoms with E-state index < -0.39 is 0 Å². The number of fused-ring (bicyclic) bond motifs is 1. The van der Waals surface area contributed by atoms with Gasteiger partial charge in [0, 0.05) is 36.0 Å². The van der Waals surface area contributed by atoms with Gasteiger partial charge in [0.1, 0.15) is 34.3 Å². The Bertz CT molecular complexity index is 955. The number of pyridine rings is 1. The summed E-state index contributed by atoms with van der Waals surface area (Å²) in [7, 11) is 5.24. The molecule has 0 saturated carbocycles. The van der Waals surface area contributed by atoms with Gasteiger partial charge in [0.2, 0.25) is 0 Å². The molecule has 0 aliphatic rings. The smallest absolute Gasteiger partial charge is 0.149 e. The Morgan fingerprint density at radius 3 is 2.63 bits per heavy atom. The second-order valence-corrected chi connectivity index (χ2v) is 7.29. The van der Waals surface area contributed by atoms with Gasteiger partial charge < -0.3 is 14.2 Å². The zero-order chi connectivity index (χ0) is 19.6. The highest BCUT2D eigenvalue weighted by atomic mass is 79.9. The Morgan fingerprint density at radius 2 is 1.96 bits per heavy atom. The lowest BCUT2D eigenvalue weighted by molar-refractivity contribution is 0.0795. The number of hydrogen-bond acceptors (Lipinski definition) is 5. The fourth-order valence-electron chi connectivity index (χ4n) is 3.09. The number of aryl methyl sites for hydroxylation is 2. The van der Waals surface area contributed by atoms with E-state index in [9.17, 15) is 0 Å². The Morgan fingerprint density at radius 1 is 1.19 bits per heavy atom. The summed E-state index contributed by atoms with van der Waals surface area (Å²) in [4.78, 5) is 4.75. The number of rotatable bonds is 7. The highest BCUT2D eigenvalue weighted by Gasteiger charge is 2.21. The molecule has 0 saturated heterocycles. The fraction of sp³-hybridized carbons (Fsp3) is 0.400. The summed E-state index contributed by atoms with van der Waals surface area (Å²) in [5, 5.41) is 4.73. The van der Waals surface area contributed by atoms with Crippen LogP contribution in [0.3, 0.4) is 0 Å². The van der Waals surface area contributed by atoms with E-state index in [1.165, 1.54) is 0 Å². The third-order valence-corrected chi connectivity index (χ3v) is 4.90. The largest absolute Gasteiger partial charge is 0.496 e. The normalized spacial score (nSPS) is 12.4. The van der Waals surface area contributed by atoms with Crippen molar-refractivity contribution in [1.29, 1.82) is 0 Å². The average molecular weight is 434 g/mol. The van der Waals surface area contributed by atoms with Crippen LogP contribution in [-0.4, -0.2) is 41.7 Å². The Hall–Kier alpha value is -2.12. The molecule has 144 valence electrons. The Kier molecular flexibility index (Phi) is 6.01. The van der Waals surface area contributed by atoms with E-state index in [4.69, 9.17) is 24.3 Å². The van der Waals surface area contributed by atoms with Crippen molar-refractivity contribution < 1.29 is 14.2 Å². The molecule has 0 N–H and O–H groups in total. The van der Waals surface area contributed by atoms with E-state index in [1.807, 2.05) is 42.9 Å². The summed E-state index contributed by atoms with van der Waals surface area (Å²) in [6.07, 6.45) is 0.822. The summed E-state index contributed by atoms with van der Waals surface area (Å²) in [6.45, 7) is 4.57. The second-order valence-electron chi connectivity index (χ2n) is 6.38. The first-order chi connectivity index (χ1) is 13.0. The predicted octanol–water partition coefficient (Wildman–Crippen LogP) is 4.52. The quantitative estimate of drug-likeness (QED) is 0.548. The van der Waals surface area contributed by atoms with Crippen LogP contribution in [0.25, 0.3) is 22.3 Å². The van der Waals surface area contributed by atoms with E-state index in [2.05, 4.69) is 22.9 Å². The third kappa shape index (κ3) is 3.94. The number of benzene rings is 1. The first-order valence-corrected chi connectivity index (χ1v) is 9.61. The van der Waals surface area contributed by atoms with Crippen molar-refractivity contribution >= 4 is 27.0 Å². The fourth-order valence-corrected chi connectivity index (χ4v) is 3.43. The van der Waals surface area contributed by atoms with Crippen molar-refractivity contribution in [1.82, 2.24) is 14.8 Å². The van der Waals surface area contributed by atoms with Crippen LogP contribution < -0.4 is 9.47 Å². The van der Waals surface area contributed by atoms with Crippen molar-refractivity contribution in [2.45, 2.75) is 26.4 Å². The topological polar surface area (TPSA) is 58.4 Å². The molecule has 3 rings (SSSR count). The molecule has 0 fully saturated rings. The number of halogens is 1. The lowest BCUT2D eigenvalue weighted by Crippen LogP contribution is -2.21. The van der Waals surface area contributed by atoms with Gasteiger partial charge in [-0.2, -0.15) is 5.10 Å². The zero-order valence-corrected chi connectivity index (χ0v) is 17.8. The van der Waals surface area contributed by atoms with Crippen molar-refractivity contribution in [3.63, 3.8) is 0 Å². The molecule has 27 heavy (non-hydrogen) atoms. The first kappa shape index (κ1) is 19.6. The van der Waals surface area contributed by atoms with Crippen LogP contribution in [0.5, 0.6) is 11.5 Å². The number of methoxy groups -OCH3 is 2. The molecule has 0 bridgehead atoms. The SMILES string of the molecule is CCC(COC)Oc1cc(C)nc2c(-c3ccc(Br)cc3OC)nn(C)c12. The number of hydrogen-bond donors (Lipinski definition) is 0. The monoisotopic (exact) mass is 433 g/mol. The van der Waals surface area contributed by atoms with Crippen LogP contribution in [0.4, 0.5) is 0 Å². The molecule has 0 aliphatic heterocycles. The summed E-state index contributed by atoms with van der Waals surface area (Å²) >= 11 is 3.48. The Balaban J connectivity index is 2.18. The molecule has 1 unspecified atom stereocenters. The van der Waals surface area contributed by atoms with Gasteiger partial charge in [0.25, 0.3) is 0 Å². The molecule has 6 nitrogen and oxygen atoms in total. The van der Waals surface area contributed by atoms with E-state index >= 15 is 0 Å². The molecule has 2 aromatic heterocycles. The maximum Gasteiger partial charge on any atom is 0.149 e. The highest BCUT2D eigenvalue weighted by molar-refractivity contribution is 9.10. The van der Waals surface area contributed by atoms with Gasteiger partial charge in [-0.15, -0.1) is 0 Å². The van der Waals surface area contributed by atoms with Gasteiger partial charge in [-0.3, -0.25) is 4.68 Å². The number of nitrogens with zero attached hydrogens (tertiary/aromatic N) is 3. The molecule has 2 heterocycles. The van der Waals surface area contributed by atoms with Gasteiger partial charge in [-0.05, 0) is 31.5 Å².